The third-order valence-electron chi connectivity index (χ3n) is 7.31. The number of nitrogens with one attached hydrogen (secondary N) is 2. The molecule has 46 heavy (non-hydrogen) atoms. The van der Waals surface area contributed by atoms with Crippen LogP contribution in [0.4, 0.5) is 18.9 Å². The Morgan fingerprint density at radius 3 is 2.41 bits per heavy atom. The standard InChI is InChI=1S/C32H42F3N7O4/c1-21(2)18-42-19-28(44)39-25-11-4-3-9-23(25)17-27(43)40-26(12-5-6-14-38-31(36)37)30(46)41(20-29(42)45)15-13-22-8-7-10-24(16-22)32(33,34)35/h3-4,7-11,16,21,26H,5-6,12-15,17-20H2,1-2H3,(H,39,44)(H,40,43)(H4,36,37,38)/t26-/m0/s1. The molecule has 4 amide bonds. The Labute approximate surface area is 266 Å². The van der Waals surface area contributed by atoms with Crippen molar-refractivity contribution in [3.8, 4) is 0 Å². The van der Waals surface area contributed by atoms with Crippen molar-refractivity contribution in [2.45, 2.75) is 58.2 Å². The maximum Gasteiger partial charge on any atom is 0.416 e. The molecule has 0 fully saturated rings. The molecular formula is C32H42F3N7O4. The van der Waals surface area contributed by atoms with Crippen LogP contribution in [-0.2, 0) is 38.2 Å². The SMILES string of the molecule is CC(C)CN1CC(=O)Nc2ccccc2CC(=O)N[C@@H](CCCCN=C(N)N)C(=O)N(CCc2cccc(C(F)(F)F)c2)CC1=O. The van der Waals surface area contributed by atoms with Crippen molar-refractivity contribution in [2.75, 3.05) is 38.0 Å². The number of para-hydroxylation sites is 1. The van der Waals surface area contributed by atoms with Gasteiger partial charge < -0.3 is 31.9 Å². The number of carbonyl (C=O) groups is 4. The van der Waals surface area contributed by atoms with Crippen LogP contribution in [0.2, 0.25) is 0 Å². The summed E-state index contributed by atoms with van der Waals surface area (Å²) in [6, 6.07) is 10.5. The van der Waals surface area contributed by atoms with E-state index in [2.05, 4.69) is 15.6 Å². The van der Waals surface area contributed by atoms with E-state index >= 15 is 0 Å². The number of nitrogens with zero attached hydrogens (tertiary/aromatic N) is 3. The number of amides is 4. The van der Waals surface area contributed by atoms with Crippen LogP contribution >= 0.6 is 0 Å². The highest BCUT2D eigenvalue weighted by atomic mass is 19.4. The lowest BCUT2D eigenvalue weighted by Crippen LogP contribution is -2.53. The van der Waals surface area contributed by atoms with Crippen molar-refractivity contribution in [3.63, 3.8) is 0 Å². The fourth-order valence-electron chi connectivity index (χ4n) is 5.12. The van der Waals surface area contributed by atoms with E-state index in [-0.39, 0.29) is 50.8 Å². The van der Waals surface area contributed by atoms with Gasteiger partial charge in [-0.1, -0.05) is 50.2 Å². The van der Waals surface area contributed by atoms with E-state index in [1.54, 1.807) is 24.3 Å². The minimum absolute atomic E-state index is 0.00515. The van der Waals surface area contributed by atoms with E-state index in [4.69, 9.17) is 11.5 Å². The van der Waals surface area contributed by atoms with Crippen LogP contribution in [0.1, 0.15) is 49.8 Å². The lowest BCUT2D eigenvalue weighted by molar-refractivity contribution is -0.143. The maximum atomic E-state index is 14.1. The highest BCUT2D eigenvalue weighted by molar-refractivity contribution is 5.97. The summed E-state index contributed by atoms with van der Waals surface area (Å²) in [5, 5.41) is 5.58. The quantitative estimate of drug-likeness (QED) is 0.176. The first-order valence-electron chi connectivity index (χ1n) is 15.2. The van der Waals surface area contributed by atoms with Gasteiger partial charge in [-0.3, -0.25) is 24.2 Å². The molecule has 1 heterocycles. The van der Waals surface area contributed by atoms with Gasteiger partial charge in [0.25, 0.3) is 0 Å². The number of unbranched alkanes of at least 4 members (excludes halogenated alkanes) is 1. The van der Waals surface area contributed by atoms with E-state index in [0.29, 0.717) is 36.2 Å². The second-order valence-corrected chi connectivity index (χ2v) is 11.7. The molecule has 0 aromatic heterocycles. The summed E-state index contributed by atoms with van der Waals surface area (Å²) in [6.45, 7) is 3.49. The molecule has 0 aliphatic carbocycles. The molecule has 0 unspecified atom stereocenters. The number of anilines is 1. The van der Waals surface area contributed by atoms with Crippen LogP contribution in [0.25, 0.3) is 0 Å². The Morgan fingerprint density at radius 2 is 1.72 bits per heavy atom. The summed E-state index contributed by atoms with van der Waals surface area (Å²) in [6.07, 6.45) is -3.49. The van der Waals surface area contributed by atoms with Crippen LogP contribution in [-0.4, -0.2) is 78.2 Å². The molecule has 2 aromatic rings. The Morgan fingerprint density at radius 1 is 0.978 bits per heavy atom. The predicted molar refractivity (Wildman–Crippen MR) is 168 cm³/mol. The van der Waals surface area contributed by atoms with Crippen LogP contribution < -0.4 is 22.1 Å². The van der Waals surface area contributed by atoms with E-state index < -0.39 is 48.0 Å². The number of guanidine groups is 1. The summed E-state index contributed by atoms with van der Waals surface area (Å²) in [5.74, 6) is -2.10. The number of rotatable bonds is 10. The molecule has 2 aromatic carbocycles. The zero-order valence-corrected chi connectivity index (χ0v) is 26.1. The average molecular weight is 646 g/mol. The van der Waals surface area contributed by atoms with E-state index in [1.165, 1.54) is 21.9 Å². The number of nitrogens with two attached hydrogens (primary N) is 2. The summed E-state index contributed by atoms with van der Waals surface area (Å²) in [7, 11) is 0. The topological polar surface area (TPSA) is 163 Å². The molecule has 0 radical (unpaired) electrons. The molecule has 1 atom stereocenters. The maximum absolute atomic E-state index is 14.1. The molecule has 1 aliphatic heterocycles. The first-order chi connectivity index (χ1) is 21.7. The number of carbonyl (C=O) groups excluding carboxylic acids is 4. The van der Waals surface area contributed by atoms with Crippen LogP contribution in [0.5, 0.6) is 0 Å². The third kappa shape index (κ3) is 11.4. The Balaban J connectivity index is 1.97. The minimum atomic E-state index is -4.54. The lowest BCUT2D eigenvalue weighted by atomic mass is 10.0. The molecule has 0 saturated heterocycles. The van der Waals surface area contributed by atoms with E-state index in [1.807, 2.05) is 13.8 Å². The van der Waals surface area contributed by atoms with Gasteiger partial charge in [-0.2, -0.15) is 13.2 Å². The van der Waals surface area contributed by atoms with E-state index in [0.717, 1.165) is 12.1 Å². The first kappa shape index (κ1) is 35.9. The number of hydrogen-bond acceptors (Lipinski definition) is 5. The summed E-state index contributed by atoms with van der Waals surface area (Å²) in [4.78, 5) is 60.6. The van der Waals surface area contributed by atoms with Crippen molar-refractivity contribution in [2.24, 2.45) is 22.4 Å². The van der Waals surface area contributed by atoms with Gasteiger partial charge in [0, 0.05) is 25.3 Å². The lowest BCUT2D eigenvalue weighted by Gasteiger charge is -2.31. The Bertz CT molecular complexity index is 1410. The van der Waals surface area contributed by atoms with Gasteiger partial charge in [0.15, 0.2) is 5.96 Å². The first-order valence-corrected chi connectivity index (χ1v) is 15.2. The molecule has 0 bridgehead atoms. The molecule has 3 rings (SSSR count). The van der Waals surface area contributed by atoms with E-state index in [9.17, 15) is 32.3 Å². The number of benzene rings is 2. The van der Waals surface area contributed by atoms with Crippen molar-refractivity contribution >= 4 is 35.3 Å². The molecule has 11 nitrogen and oxygen atoms in total. The monoisotopic (exact) mass is 645 g/mol. The molecular weight excluding hydrogens is 603 g/mol. The second kappa shape index (κ2) is 16.6. The predicted octanol–water partition coefficient (Wildman–Crippen LogP) is 2.68. The highest BCUT2D eigenvalue weighted by Crippen LogP contribution is 2.29. The normalized spacial score (nSPS) is 16.9. The van der Waals surface area contributed by atoms with Crippen molar-refractivity contribution in [1.82, 2.24) is 15.1 Å². The molecule has 0 spiro atoms. The van der Waals surface area contributed by atoms with Gasteiger partial charge >= 0.3 is 6.18 Å². The Hall–Kier alpha value is -4.62. The zero-order chi connectivity index (χ0) is 33.9. The zero-order valence-electron chi connectivity index (χ0n) is 26.1. The van der Waals surface area contributed by atoms with Gasteiger partial charge in [-0.25, -0.2) is 0 Å². The second-order valence-electron chi connectivity index (χ2n) is 11.7. The fourth-order valence-corrected chi connectivity index (χ4v) is 5.12. The Kier molecular flexibility index (Phi) is 13.0. The molecule has 6 N–H and O–H groups in total. The number of aliphatic imine (C=N–C) groups is 1. The molecule has 250 valence electrons. The number of fused-ring (bicyclic) bond motifs is 1. The van der Waals surface area contributed by atoms with Gasteiger partial charge in [0.2, 0.25) is 23.6 Å². The van der Waals surface area contributed by atoms with Crippen molar-refractivity contribution in [1.29, 1.82) is 0 Å². The third-order valence-corrected chi connectivity index (χ3v) is 7.31. The number of hydrogen-bond donors (Lipinski definition) is 4. The highest BCUT2D eigenvalue weighted by Gasteiger charge is 2.32. The number of alkyl halides is 3. The van der Waals surface area contributed by atoms with Crippen molar-refractivity contribution in [3.05, 3.63) is 65.2 Å². The van der Waals surface area contributed by atoms with Gasteiger partial charge in [-0.05, 0) is 54.9 Å². The fraction of sp³-hybridized carbons (Fsp3) is 0.469. The molecule has 1 aliphatic rings. The summed E-state index contributed by atoms with van der Waals surface area (Å²) >= 11 is 0. The minimum Gasteiger partial charge on any atom is -0.370 e. The van der Waals surface area contributed by atoms with Gasteiger partial charge in [0.1, 0.15) is 6.04 Å². The average Bonchev–Trinajstić information content (AvgIpc) is 2.97. The molecule has 14 heteroatoms. The number of halogens is 3. The smallest absolute Gasteiger partial charge is 0.370 e. The van der Waals surface area contributed by atoms with Gasteiger partial charge in [0.05, 0.1) is 25.1 Å². The van der Waals surface area contributed by atoms with Gasteiger partial charge in [-0.15, -0.1) is 0 Å². The van der Waals surface area contributed by atoms with Crippen molar-refractivity contribution < 1.29 is 32.3 Å². The van der Waals surface area contributed by atoms with Crippen LogP contribution in [0.3, 0.4) is 0 Å². The van der Waals surface area contributed by atoms with Crippen LogP contribution in [0.15, 0.2) is 53.5 Å². The molecule has 0 saturated carbocycles. The largest absolute Gasteiger partial charge is 0.416 e. The van der Waals surface area contributed by atoms with Crippen LogP contribution in [0, 0.1) is 5.92 Å². The summed E-state index contributed by atoms with van der Waals surface area (Å²) in [5.41, 5.74) is 11.2. The summed E-state index contributed by atoms with van der Waals surface area (Å²) < 4.78 is 40.1.